The van der Waals surface area contributed by atoms with Gasteiger partial charge in [0.15, 0.2) is 11.6 Å². The second-order valence-electron chi connectivity index (χ2n) is 4.44. The molecule has 0 aliphatic heterocycles. The first-order valence-electron chi connectivity index (χ1n) is 5.89. The molecular formula is C13H11F2N3S. The van der Waals surface area contributed by atoms with Gasteiger partial charge in [0.05, 0.1) is 0 Å². The molecule has 0 unspecified atom stereocenters. The molecule has 19 heavy (non-hydrogen) atoms. The molecular weight excluding hydrogens is 268 g/mol. The zero-order valence-electron chi connectivity index (χ0n) is 9.94. The lowest BCUT2D eigenvalue weighted by atomic mass is 10.3. The molecule has 0 bridgehead atoms. The summed E-state index contributed by atoms with van der Waals surface area (Å²) in [5.74, 6) is -0.181. The molecule has 0 saturated heterocycles. The SMILES string of the molecule is Nc1cc(Sc2ccc(F)c(F)c2)nc(C2CC2)n1. The Hall–Kier alpha value is -1.69. The van der Waals surface area contributed by atoms with Crippen LogP contribution >= 0.6 is 11.8 Å². The van der Waals surface area contributed by atoms with Crippen LogP contribution in [0.4, 0.5) is 14.6 Å². The van der Waals surface area contributed by atoms with Gasteiger partial charge < -0.3 is 5.73 Å². The minimum atomic E-state index is -0.866. The van der Waals surface area contributed by atoms with Crippen LogP contribution in [-0.2, 0) is 0 Å². The van der Waals surface area contributed by atoms with Gasteiger partial charge in [0.1, 0.15) is 16.7 Å². The maximum Gasteiger partial charge on any atom is 0.159 e. The van der Waals surface area contributed by atoms with Crippen LogP contribution in [0.15, 0.2) is 34.2 Å². The average Bonchev–Trinajstić information content (AvgIpc) is 3.17. The number of hydrogen-bond acceptors (Lipinski definition) is 4. The molecule has 2 N–H and O–H groups in total. The van der Waals surface area contributed by atoms with E-state index < -0.39 is 11.6 Å². The number of halogens is 2. The van der Waals surface area contributed by atoms with E-state index in [1.54, 1.807) is 6.07 Å². The largest absolute Gasteiger partial charge is 0.384 e. The van der Waals surface area contributed by atoms with E-state index in [1.165, 1.54) is 17.8 Å². The first-order chi connectivity index (χ1) is 9.11. The van der Waals surface area contributed by atoms with Crippen molar-refractivity contribution < 1.29 is 8.78 Å². The maximum absolute atomic E-state index is 13.1. The number of benzene rings is 1. The highest BCUT2D eigenvalue weighted by atomic mass is 32.2. The standard InChI is InChI=1S/C13H11F2N3S/c14-9-4-3-8(5-10(9)15)19-12-6-11(16)17-13(18-12)7-1-2-7/h3-7H,1-2H2,(H2,16,17,18). The third kappa shape index (κ3) is 2.84. The molecule has 1 heterocycles. The van der Waals surface area contributed by atoms with Gasteiger partial charge in [-0.1, -0.05) is 11.8 Å². The van der Waals surface area contributed by atoms with Crippen molar-refractivity contribution in [1.29, 1.82) is 0 Å². The van der Waals surface area contributed by atoms with Gasteiger partial charge in [-0.15, -0.1) is 0 Å². The normalized spacial score (nSPS) is 14.6. The number of nitrogens with two attached hydrogens (primary N) is 1. The number of rotatable bonds is 3. The Morgan fingerprint density at radius 2 is 1.89 bits per heavy atom. The predicted octanol–water partition coefficient (Wildman–Crippen LogP) is 3.37. The van der Waals surface area contributed by atoms with Gasteiger partial charge in [-0.25, -0.2) is 18.7 Å². The number of nitrogen functional groups attached to an aromatic ring is 1. The fraction of sp³-hybridized carbons (Fsp3) is 0.231. The lowest BCUT2D eigenvalue weighted by Gasteiger charge is -2.05. The van der Waals surface area contributed by atoms with Crippen molar-refractivity contribution in [3.63, 3.8) is 0 Å². The molecule has 6 heteroatoms. The van der Waals surface area contributed by atoms with E-state index in [4.69, 9.17) is 5.73 Å². The van der Waals surface area contributed by atoms with Gasteiger partial charge in [0.2, 0.25) is 0 Å². The van der Waals surface area contributed by atoms with Crippen molar-refractivity contribution in [3.05, 3.63) is 41.7 Å². The van der Waals surface area contributed by atoms with E-state index in [9.17, 15) is 8.78 Å². The smallest absolute Gasteiger partial charge is 0.159 e. The third-order valence-electron chi connectivity index (χ3n) is 2.80. The Morgan fingerprint density at radius 3 is 2.58 bits per heavy atom. The Kier molecular flexibility index (Phi) is 3.10. The van der Waals surface area contributed by atoms with Crippen LogP contribution in [0.5, 0.6) is 0 Å². The highest BCUT2D eigenvalue weighted by molar-refractivity contribution is 7.99. The first kappa shape index (κ1) is 12.3. The van der Waals surface area contributed by atoms with Crippen LogP contribution in [0.1, 0.15) is 24.6 Å². The molecule has 1 aliphatic rings. The molecule has 3 rings (SSSR count). The van der Waals surface area contributed by atoms with Gasteiger partial charge in [-0.2, -0.15) is 0 Å². The van der Waals surface area contributed by atoms with Crippen LogP contribution in [0.3, 0.4) is 0 Å². The van der Waals surface area contributed by atoms with E-state index in [1.807, 2.05) is 0 Å². The lowest BCUT2D eigenvalue weighted by molar-refractivity contribution is 0.506. The van der Waals surface area contributed by atoms with Crippen molar-refractivity contribution in [3.8, 4) is 0 Å². The molecule has 0 radical (unpaired) electrons. The summed E-state index contributed by atoms with van der Waals surface area (Å²) in [6.07, 6.45) is 2.16. The second kappa shape index (κ2) is 4.77. The summed E-state index contributed by atoms with van der Waals surface area (Å²) in [6.45, 7) is 0. The van der Waals surface area contributed by atoms with Gasteiger partial charge in [-0.3, -0.25) is 0 Å². The molecule has 1 aliphatic carbocycles. The van der Waals surface area contributed by atoms with Crippen molar-refractivity contribution in [2.45, 2.75) is 28.7 Å². The molecule has 3 nitrogen and oxygen atoms in total. The van der Waals surface area contributed by atoms with Crippen molar-refractivity contribution >= 4 is 17.6 Å². The zero-order chi connectivity index (χ0) is 13.4. The average molecular weight is 279 g/mol. The quantitative estimate of drug-likeness (QED) is 0.875. The Morgan fingerprint density at radius 1 is 1.11 bits per heavy atom. The van der Waals surface area contributed by atoms with Crippen LogP contribution in [0, 0.1) is 11.6 Å². The third-order valence-corrected chi connectivity index (χ3v) is 3.70. The van der Waals surface area contributed by atoms with Crippen molar-refractivity contribution in [2.75, 3.05) is 5.73 Å². The van der Waals surface area contributed by atoms with Crippen LogP contribution in [0.2, 0.25) is 0 Å². The van der Waals surface area contributed by atoms with Gasteiger partial charge >= 0.3 is 0 Å². The van der Waals surface area contributed by atoms with E-state index in [-0.39, 0.29) is 0 Å². The van der Waals surface area contributed by atoms with Crippen LogP contribution in [0.25, 0.3) is 0 Å². The summed E-state index contributed by atoms with van der Waals surface area (Å²) >= 11 is 1.25. The number of hydrogen-bond donors (Lipinski definition) is 1. The summed E-state index contributed by atoms with van der Waals surface area (Å²) in [5.41, 5.74) is 5.73. The number of anilines is 1. The first-order valence-corrected chi connectivity index (χ1v) is 6.71. The van der Waals surface area contributed by atoms with E-state index in [2.05, 4.69) is 9.97 Å². The second-order valence-corrected chi connectivity index (χ2v) is 5.54. The summed E-state index contributed by atoms with van der Waals surface area (Å²) in [4.78, 5) is 9.17. The molecule has 2 aromatic rings. The molecule has 1 fully saturated rings. The fourth-order valence-electron chi connectivity index (χ4n) is 1.70. The minimum Gasteiger partial charge on any atom is -0.384 e. The summed E-state index contributed by atoms with van der Waals surface area (Å²) in [6, 6.07) is 5.40. The minimum absolute atomic E-state index is 0.396. The number of nitrogens with zero attached hydrogens (tertiary/aromatic N) is 2. The Balaban J connectivity index is 1.87. The monoisotopic (exact) mass is 279 g/mol. The molecule has 1 aromatic carbocycles. The number of aromatic nitrogens is 2. The molecule has 0 spiro atoms. The van der Waals surface area contributed by atoms with E-state index in [0.717, 1.165) is 30.8 Å². The Bertz CT molecular complexity index is 629. The highest BCUT2D eigenvalue weighted by Gasteiger charge is 2.27. The maximum atomic E-state index is 13.1. The van der Waals surface area contributed by atoms with Crippen molar-refractivity contribution in [1.82, 2.24) is 9.97 Å². The summed E-state index contributed by atoms with van der Waals surface area (Å²) in [5, 5.41) is 0.653. The fourth-order valence-corrected chi connectivity index (χ4v) is 2.56. The highest BCUT2D eigenvalue weighted by Crippen LogP contribution is 2.39. The molecule has 1 aromatic heterocycles. The van der Waals surface area contributed by atoms with Gasteiger partial charge in [-0.05, 0) is 31.0 Å². The van der Waals surface area contributed by atoms with Crippen LogP contribution < -0.4 is 5.73 Å². The van der Waals surface area contributed by atoms with Gasteiger partial charge in [0, 0.05) is 16.9 Å². The molecule has 0 amide bonds. The molecule has 98 valence electrons. The lowest BCUT2D eigenvalue weighted by Crippen LogP contribution is -1.99. The summed E-state index contributed by atoms with van der Waals surface area (Å²) in [7, 11) is 0. The summed E-state index contributed by atoms with van der Waals surface area (Å²) < 4.78 is 26.0. The Labute approximate surface area is 113 Å². The van der Waals surface area contributed by atoms with E-state index in [0.29, 0.717) is 21.7 Å². The van der Waals surface area contributed by atoms with E-state index >= 15 is 0 Å². The predicted molar refractivity (Wildman–Crippen MR) is 68.9 cm³/mol. The zero-order valence-corrected chi connectivity index (χ0v) is 10.8. The van der Waals surface area contributed by atoms with Gasteiger partial charge in [0.25, 0.3) is 0 Å². The topological polar surface area (TPSA) is 51.8 Å². The molecule has 1 saturated carbocycles. The van der Waals surface area contributed by atoms with Crippen molar-refractivity contribution in [2.24, 2.45) is 0 Å². The van der Waals surface area contributed by atoms with Crippen LogP contribution in [-0.4, -0.2) is 9.97 Å². The molecule has 0 atom stereocenters.